The van der Waals surface area contributed by atoms with Crippen LogP contribution in [-0.2, 0) is 11.4 Å². The van der Waals surface area contributed by atoms with E-state index in [-0.39, 0.29) is 5.91 Å². The Balaban J connectivity index is 1.19. The van der Waals surface area contributed by atoms with Crippen molar-refractivity contribution in [3.8, 4) is 18.1 Å². The fourth-order valence-corrected chi connectivity index (χ4v) is 6.70. The molecule has 0 aliphatic carbocycles. The molecule has 3 fully saturated rings. The van der Waals surface area contributed by atoms with Crippen LogP contribution in [0.3, 0.4) is 0 Å². The number of hydrogen-bond acceptors (Lipinski definition) is 8. The lowest BCUT2D eigenvalue weighted by atomic mass is 9.87. The maximum absolute atomic E-state index is 11.8. The van der Waals surface area contributed by atoms with Gasteiger partial charge in [0.2, 0.25) is 5.91 Å². The van der Waals surface area contributed by atoms with Crippen molar-refractivity contribution in [1.82, 2.24) is 19.8 Å². The second-order valence-electron chi connectivity index (χ2n) is 10.0. The minimum absolute atomic E-state index is 0.0292. The smallest absolute Gasteiger partial charge is 0.246 e. The standard InChI is InChI=1S/C28H32N6O2S/c1-3-19-13-21(20-5-7-32(8-6-20)22-15-34(16-22)25(35)4-2)14-24-26(19)36-17-23-27(31-24)29-18-30-28(23)33-9-11-37-12-10-33/h1,4,13-14,18,20,22H,2,5-12,15-17H2,(H,29,30,31). The highest BCUT2D eigenvalue weighted by Crippen LogP contribution is 2.42. The number of likely N-dealkylation sites (tertiary alicyclic amines) is 2. The number of carbonyl (C=O) groups excluding carboxylic acids is 1. The molecular formula is C28H32N6O2S. The number of terminal acetylenes is 1. The number of piperidine rings is 1. The Morgan fingerprint density at radius 2 is 1.97 bits per heavy atom. The van der Waals surface area contributed by atoms with Crippen molar-refractivity contribution in [3.05, 3.63) is 47.8 Å². The molecule has 4 aliphatic rings. The Bertz CT molecular complexity index is 1240. The zero-order valence-electron chi connectivity index (χ0n) is 21.0. The van der Waals surface area contributed by atoms with Crippen LogP contribution in [0.5, 0.6) is 5.75 Å². The van der Waals surface area contributed by atoms with Gasteiger partial charge >= 0.3 is 0 Å². The Morgan fingerprint density at radius 3 is 2.70 bits per heavy atom. The zero-order valence-corrected chi connectivity index (χ0v) is 21.8. The molecule has 0 bridgehead atoms. The highest BCUT2D eigenvalue weighted by atomic mass is 32.2. The van der Waals surface area contributed by atoms with Crippen molar-refractivity contribution in [3.63, 3.8) is 0 Å². The van der Waals surface area contributed by atoms with Crippen LogP contribution in [0, 0.1) is 12.3 Å². The third-order valence-corrected chi connectivity index (χ3v) is 8.92. The molecule has 0 unspecified atom stereocenters. The normalized spacial score (nSPS) is 20.4. The molecule has 4 aliphatic heterocycles. The number of nitrogens with one attached hydrogen (secondary N) is 1. The van der Waals surface area contributed by atoms with E-state index < -0.39 is 0 Å². The lowest BCUT2D eigenvalue weighted by molar-refractivity contribution is -0.133. The summed E-state index contributed by atoms with van der Waals surface area (Å²) in [6.07, 6.45) is 11.1. The molecule has 192 valence electrons. The third-order valence-electron chi connectivity index (χ3n) is 7.98. The van der Waals surface area contributed by atoms with Gasteiger partial charge in [-0.2, -0.15) is 11.8 Å². The zero-order chi connectivity index (χ0) is 25.4. The number of hydrogen-bond donors (Lipinski definition) is 1. The van der Waals surface area contributed by atoms with Gasteiger partial charge in [-0.05, 0) is 55.6 Å². The number of anilines is 3. The van der Waals surface area contributed by atoms with Crippen LogP contribution in [0.2, 0.25) is 0 Å². The minimum Gasteiger partial charge on any atom is -0.485 e. The van der Waals surface area contributed by atoms with Crippen LogP contribution in [0.4, 0.5) is 17.3 Å². The van der Waals surface area contributed by atoms with E-state index in [1.54, 1.807) is 6.33 Å². The number of aromatic nitrogens is 2. The molecule has 1 aromatic carbocycles. The highest BCUT2D eigenvalue weighted by Gasteiger charge is 2.36. The van der Waals surface area contributed by atoms with Crippen molar-refractivity contribution >= 4 is 35.0 Å². The molecule has 0 saturated carbocycles. The summed E-state index contributed by atoms with van der Waals surface area (Å²) in [5.41, 5.74) is 3.87. The number of ether oxygens (including phenoxy) is 1. The topological polar surface area (TPSA) is 73.8 Å². The van der Waals surface area contributed by atoms with Gasteiger partial charge in [-0.15, -0.1) is 6.42 Å². The van der Waals surface area contributed by atoms with E-state index in [1.165, 1.54) is 11.6 Å². The van der Waals surface area contributed by atoms with E-state index >= 15 is 0 Å². The van der Waals surface area contributed by atoms with Crippen molar-refractivity contribution in [2.24, 2.45) is 0 Å². The first-order chi connectivity index (χ1) is 18.1. The lowest BCUT2D eigenvalue weighted by Crippen LogP contribution is -2.61. The molecule has 8 nitrogen and oxygen atoms in total. The summed E-state index contributed by atoms with van der Waals surface area (Å²) in [5.74, 6) is 7.97. The number of rotatable bonds is 4. The van der Waals surface area contributed by atoms with Crippen LogP contribution >= 0.6 is 11.8 Å². The largest absolute Gasteiger partial charge is 0.485 e. The summed E-state index contributed by atoms with van der Waals surface area (Å²) < 4.78 is 6.32. The van der Waals surface area contributed by atoms with Gasteiger partial charge in [0.05, 0.1) is 16.8 Å². The van der Waals surface area contributed by atoms with E-state index in [0.717, 1.165) is 92.1 Å². The number of carbonyl (C=O) groups is 1. The predicted molar refractivity (Wildman–Crippen MR) is 148 cm³/mol. The highest BCUT2D eigenvalue weighted by molar-refractivity contribution is 7.99. The number of nitrogens with zero attached hydrogens (tertiary/aromatic N) is 5. The predicted octanol–water partition coefficient (Wildman–Crippen LogP) is 3.22. The fourth-order valence-electron chi connectivity index (χ4n) is 5.80. The maximum Gasteiger partial charge on any atom is 0.246 e. The van der Waals surface area contributed by atoms with Gasteiger partial charge in [-0.3, -0.25) is 9.69 Å². The van der Waals surface area contributed by atoms with Crippen molar-refractivity contribution in [2.75, 3.05) is 61.0 Å². The molecule has 1 aromatic heterocycles. The van der Waals surface area contributed by atoms with Gasteiger partial charge in [0, 0.05) is 43.7 Å². The minimum atomic E-state index is 0.0292. The first kappa shape index (κ1) is 24.1. The quantitative estimate of drug-likeness (QED) is 0.491. The first-order valence-electron chi connectivity index (χ1n) is 13.0. The molecule has 3 saturated heterocycles. The summed E-state index contributed by atoms with van der Waals surface area (Å²) in [5, 5.41) is 3.54. The van der Waals surface area contributed by atoms with Crippen LogP contribution in [0.15, 0.2) is 31.1 Å². The number of thioether (sulfide) groups is 1. The van der Waals surface area contributed by atoms with Gasteiger partial charge in [0.25, 0.3) is 0 Å². The van der Waals surface area contributed by atoms with E-state index in [1.807, 2.05) is 16.7 Å². The van der Waals surface area contributed by atoms with Crippen LogP contribution in [0.25, 0.3) is 0 Å². The summed E-state index contributed by atoms with van der Waals surface area (Å²) in [4.78, 5) is 27.7. The average molecular weight is 517 g/mol. The molecule has 5 heterocycles. The van der Waals surface area contributed by atoms with Gasteiger partial charge < -0.3 is 19.9 Å². The Morgan fingerprint density at radius 1 is 1.19 bits per heavy atom. The molecule has 0 radical (unpaired) electrons. The summed E-state index contributed by atoms with van der Waals surface area (Å²) in [6.45, 7) is 9.57. The van der Waals surface area contributed by atoms with Crippen molar-refractivity contribution in [2.45, 2.75) is 31.4 Å². The van der Waals surface area contributed by atoms with E-state index in [2.05, 4.69) is 49.7 Å². The summed E-state index contributed by atoms with van der Waals surface area (Å²) >= 11 is 1.98. The van der Waals surface area contributed by atoms with Gasteiger partial charge in [0.1, 0.15) is 24.6 Å². The van der Waals surface area contributed by atoms with Gasteiger partial charge in [-0.25, -0.2) is 9.97 Å². The third kappa shape index (κ3) is 4.64. The van der Waals surface area contributed by atoms with Crippen LogP contribution in [0.1, 0.15) is 35.4 Å². The van der Waals surface area contributed by atoms with E-state index in [4.69, 9.17) is 11.2 Å². The number of amides is 1. The monoisotopic (exact) mass is 516 g/mol. The Hall–Kier alpha value is -3.22. The van der Waals surface area contributed by atoms with Crippen LogP contribution < -0.4 is 15.0 Å². The molecular weight excluding hydrogens is 484 g/mol. The Kier molecular flexibility index (Phi) is 6.70. The maximum atomic E-state index is 11.8. The second kappa shape index (κ2) is 10.3. The summed E-state index contributed by atoms with van der Waals surface area (Å²) in [6, 6.07) is 4.77. The lowest BCUT2D eigenvalue weighted by Gasteiger charge is -2.47. The second-order valence-corrected chi connectivity index (χ2v) is 11.3. The molecule has 37 heavy (non-hydrogen) atoms. The SMILES string of the molecule is C#Cc1cc(C2CCN(C3CN(C(=O)C=C)C3)CC2)cc2c1OCc1c(ncnc1N1CCSCC1)N2. The van der Waals surface area contributed by atoms with Crippen LogP contribution in [-0.4, -0.2) is 82.5 Å². The molecule has 9 heteroatoms. The molecule has 2 aromatic rings. The van der Waals surface area contributed by atoms with E-state index in [9.17, 15) is 4.79 Å². The first-order valence-corrected chi connectivity index (χ1v) is 14.2. The Labute approximate surface area is 222 Å². The van der Waals surface area contributed by atoms with Crippen molar-refractivity contribution in [1.29, 1.82) is 0 Å². The van der Waals surface area contributed by atoms with Gasteiger partial charge in [-0.1, -0.05) is 12.5 Å². The van der Waals surface area contributed by atoms with Gasteiger partial charge in [0.15, 0.2) is 5.75 Å². The summed E-state index contributed by atoms with van der Waals surface area (Å²) in [7, 11) is 0. The molecule has 1 amide bonds. The fraction of sp³-hybridized carbons (Fsp3) is 0.464. The number of benzene rings is 1. The average Bonchev–Trinajstić information content (AvgIpc) is 3.11. The molecule has 1 N–H and O–H groups in total. The van der Waals surface area contributed by atoms with Crippen molar-refractivity contribution < 1.29 is 9.53 Å². The molecule has 6 rings (SSSR count). The molecule has 0 spiro atoms. The molecule has 0 atom stereocenters. The van der Waals surface area contributed by atoms with E-state index in [0.29, 0.717) is 24.3 Å². The number of fused-ring (bicyclic) bond motifs is 2.